The Kier molecular flexibility index (Phi) is 8.84. The van der Waals surface area contributed by atoms with Crippen molar-refractivity contribution in [1.82, 2.24) is 25.4 Å². The van der Waals surface area contributed by atoms with Gasteiger partial charge in [-0.05, 0) is 31.5 Å². The third-order valence-electron chi connectivity index (χ3n) is 5.49. The Balaban J connectivity index is 1.51. The van der Waals surface area contributed by atoms with E-state index in [2.05, 4.69) is 25.5 Å². The van der Waals surface area contributed by atoms with Crippen LogP contribution in [0.3, 0.4) is 0 Å². The van der Waals surface area contributed by atoms with Gasteiger partial charge in [-0.25, -0.2) is 14.4 Å². The van der Waals surface area contributed by atoms with Crippen molar-refractivity contribution in [1.29, 1.82) is 0 Å². The van der Waals surface area contributed by atoms with Gasteiger partial charge in [0.25, 0.3) is 0 Å². The number of morpholine rings is 1. The lowest BCUT2D eigenvalue weighted by molar-refractivity contribution is -0.127. The van der Waals surface area contributed by atoms with Crippen molar-refractivity contribution >= 4 is 17.7 Å². The van der Waals surface area contributed by atoms with E-state index < -0.39 is 0 Å². The zero-order chi connectivity index (χ0) is 22.1. The standard InChI is InChI=1S/C21H34FN7O2/c1-27(2)19(30)15-25-21(24-8-4-9-28-11-13-31-14-12-28)26-17-6-10-29(16-17)20-18(22)5-3-7-23-20/h3,5,7,17H,4,6,8-16H2,1-2H3,(H2,24,25,26). The van der Waals surface area contributed by atoms with E-state index in [4.69, 9.17) is 4.74 Å². The molecule has 10 heteroatoms. The highest BCUT2D eigenvalue weighted by molar-refractivity contribution is 5.85. The molecule has 0 spiro atoms. The molecule has 0 bridgehead atoms. The maximum Gasteiger partial charge on any atom is 0.243 e. The lowest BCUT2D eigenvalue weighted by atomic mass is 10.3. The van der Waals surface area contributed by atoms with Crippen LogP contribution in [0.25, 0.3) is 0 Å². The maximum absolute atomic E-state index is 14.1. The second-order valence-corrected chi connectivity index (χ2v) is 8.07. The summed E-state index contributed by atoms with van der Waals surface area (Å²) in [5.41, 5.74) is 0. The maximum atomic E-state index is 14.1. The van der Waals surface area contributed by atoms with Crippen LogP contribution in [-0.2, 0) is 9.53 Å². The van der Waals surface area contributed by atoms with Gasteiger partial charge >= 0.3 is 0 Å². The summed E-state index contributed by atoms with van der Waals surface area (Å²) in [6.07, 6.45) is 3.42. The lowest BCUT2D eigenvalue weighted by Crippen LogP contribution is -2.46. The summed E-state index contributed by atoms with van der Waals surface area (Å²) in [6.45, 7) is 6.71. The predicted molar refractivity (Wildman–Crippen MR) is 119 cm³/mol. The molecular formula is C21H34FN7O2. The highest BCUT2D eigenvalue weighted by Crippen LogP contribution is 2.20. The SMILES string of the molecule is CN(C)C(=O)CN=C(NCCCN1CCOCC1)NC1CCN(c2ncccc2F)C1. The number of halogens is 1. The highest BCUT2D eigenvalue weighted by atomic mass is 19.1. The largest absolute Gasteiger partial charge is 0.379 e. The van der Waals surface area contributed by atoms with Gasteiger partial charge < -0.3 is 25.2 Å². The number of anilines is 1. The molecule has 0 aliphatic carbocycles. The summed E-state index contributed by atoms with van der Waals surface area (Å²) >= 11 is 0. The number of carbonyl (C=O) groups is 1. The molecule has 172 valence electrons. The van der Waals surface area contributed by atoms with Crippen LogP contribution < -0.4 is 15.5 Å². The van der Waals surface area contributed by atoms with E-state index in [1.165, 1.54) is 11.0 Å². The van der Waals surface area contributed by atoms with Gasteiger partial charge in [0, 0.05) is 59.1 Å². The number of likely N-dealkylation sites (N-methyl/N-ethyl adjacent to an activating group) is 1. The quantitative estimate of drug-likeness (QED) is 0.341. The number of rotatable bonds is 8. The fourth-order valence-corrected chi connectivity index (χ4v) is 3.65. The van der Waals surface area contributed by atoms with Crippen molar-refractivity contribution in [3.8, 4) is 0 Å². The molecule has 9 nitrogen and oxygen atoms in total. The summed E-state index contributed by atoms with van der Waals surface area (Å²) < 4.78 is 19.4. The van der Waals surface area contributed by atoms with E-state index in [1.54, 1.807) is 26.4 Å². The Morgan fingerprint density at radius 1 is 1.35 bits per heavy atom. The van der Waals surface area contributed by atoms with Crippen LogP contribution in [0.15, 0.2) is 23.3 Å². The first kappa shape index (κ1) is 23.2. The normalized spacial score (nSPS) is 20.0. The minimum Gasteiger partial charge on any atom is -0.379 e. The van der Waals surface area contributed by atoms with Crippen molar-refractivity contribution in [3.05, 3.63) is 24.1 Å². The van der Waals surface area contributed by atoms with Crippen molar-refractivity contribution in [2.45, 2.75) is 18.9 Å². The average Bonchev–Trinajstić information content (AvgIpc) is 3.23. The smallest absolute Gasteiger partial charge is 0.243 e. The number of hydrogen-bond donors (Lipinski definition) is 2. The number of aliphatic imine (C=N–C) groups is 1. The Hall–Kier alpha value is -2.46. The fourth-order valence-electron chi connectivity index (χ4n) is 3.65. The average molecular weight is 436 g/mol. The zero-order valence-electron chi connectivity index (χ0n) is 18.5. The van der Waals surface area contributed by atoms with Crippen molar-refractivity contribution in [2.75, 3.05) is 78.0 Å². The number of nitrogens with zero attached hydrogens (tertiary/aromatic N) is 5. The summed E-state index contributed by atoms with van der Waals surface area (Å²) in [5.74, 6) is 0.630. The van der Waals surface area contributed by atoms with Gasteiger partial charge in [-0.3, -0.25) is 9.69 Å². The molecule has 2 saturated heterocycles. The Morgan fingerprint density at radius 2 is 2.16 bits per heavy atom. The minimum atomic E-state index is -0.310. The van der Waals surface area contributed by atoms with E-state index in [-0.39, 0.29) is 24.3 Å². The van der Waals surface area contributed by atoms with Crippen LogP contribution >= 0.6 is 0 Å². The number of aromatic nitrogens is 1. The zero-order valence-corrected chi connectivity index (χ0v) is 18.5. The molecule has 1 atom stereocenters. The first-order chi connectivity index (χ1) is 15.0. The monoisotopic (exact) mass is 435 g/mol. The van der Waals surface area contributed by atoms with Crippen molar-refractivity contribution < 1.29 is 13.9 Å². The number of pyridine rings is 1. The fraction of sp³-hybridized carbons (Fsp3) is 0.667. The first-order valence-electron chi connectivity index (χ1n) is 10.9. The van der Waals surface area contributed by atoms with Crippen LogP contribution in [0.4, 0.5) is 10.2 Å². The second-order valence-electron chi connectivity index (χ2n) is 8.07. The molecule has 3 rings (SSSR count). The van der Waals surface area contributed by atoms with Crippen LogP contribution in [0.5, 0.6) is 0 Å². The Bertz CT molecular complexity index is 740. The van der Waals surface area contributed by atoms with Gasteiger partial charge in [-0.2, -0.15) is 0 Å². The van der Waals surface area contributed by atoms with Crippen LogP contribution in [0.1, 0.15) is 12.8 Å². The lowest BCUT2D eigenvalue weighted by Gasteiger charge is -2.26. The Labute approximate surface area is 183 Å². The van der Waals surface area contributed by atoms with Gasteiger partial charge in [0.15, 0.2) is 17.6 Å². The van der Waals surface area contributed by atoms with Gasteiger partial charge in [-0.15, -0.1) is 0 Å². The van der Waals surface area contributed by atoms with Crippen molar-refractivity contribution in [2.24, 2.45) is 4.99 Å². The number of guanidine groups is 1. The van der Waals surface area contributed by atoms with Gasteiger partial charge in [-0.1, -0.05) is 0 Å². The van der Waals surface area contributed by atoms with E-state index in [0.29, 0.717) is 24.9 Å². The number of amides is 1. The molecule has 2 aliphatic heterocycles. The molecule has 0 saturated carbocycles. The van der Waals surface area contributed by atoms with Crippen LogP contribution in [-0.4, -0.2) is 106 Å². The molecule has 1 aromatic rings. The van der Waals surface area contributed by atoms with Gasteiger partial charge in [0.2, 0.25) is 5.91 Å². The molecule has 1 unspecified atom stereocenters. The third kappa shape index (κ3) is 7.32. The van der Waals surface area contributed by atoms with E-state index in [0.717, 1.165) is 52.2 Å². The van der Waals surface area contributed by atoms with Crippen molar-refractivity contribution in [3.63, 3.8) is 0 Å². The van der Waals surface area contributed by atoms with Crippen LogP contribution in [0, 0.1) is 5.82 Å². The van der Waals surface area contributed by atoms with Crippen LogP contribution in [0.2, 0.25) is 0 Å². The molecule has 2 aliphatic rings. The van der Waals surface area contributed by atoms with Gasteiger partial charge in [0.05, 0.1) is 13.2 Å². The highest BCUT2D eigenvalue weighted by Gasteiger charge is 2.26. The molecule has 1 amide bonds. The van der Waals surface area contributed by atoms with E-state index in [9.17, 15) is 9.18 Å². The number of hydrogen-bond acceptors (Lipinski definition) is 6. The number of carbonyl (C=O) groups excluding carboxylic acids is 1. The predicted octanol–water partition coefficient (Wildman–Crippen LogP) is 0.145. The third-order valence-corrected chi connectivity index (χ3v) is 5.49. The van der Waals surface area contributed by atoms with E-state index >= 15 is 0 Å². The van der Waals surface area contributed by atoms with Gasteiger partial charge in [0.1, 0.15) is 6.54 Å². The first-order valence-corrected chi connectivity index (χ1v) is 10.9. The van der Waals surface area contributed by atoms with E-state index in [1.807, 2.05) is 4.90 Å². The summed E-state index contributed by atoms with van der Waals surface area (Å²) in [7, 11) is 3.44. The molecular weight excluding hydrogens is 401 g/mol. The minimum absolute atomic E-state index is 0.0574. The molecule has 2 fully saturated rings. The number of nitrogens with one attached hydrogen (secondary N) is 2. The summed E-state index contributed by atoms with van der Waals surface area (Å²) in [4.78, 5) is 26.5. The topological polar surface area (TPSA) is 85.3 Å². The summed E-state index contributed by atoms with van der Waals surface area (Å²) in [5, 5.41) is 6.76. The molecule has 0 aromatic carbocycles. The summed E-state index contributed by atoms with van der Waals surface area (Å²) in [6, 6.07) is 3.12. The Morgan fingerprint density at radius 3 is 2.90 bits per heavy atom. The molecule has 0 radical (unpaired) electrons. The molecule has 2 N–H and O–H groups in total. The molecule has 1 aromatic heterocycles. The molecule has 3 heterocycles. The number of ether oxygens (including phenoxy) is 1. The second kappa shape index (κ2) is 11.8. The molecule has 31 heavy (non-hydrogen) atoms.